The third-order valence-corrected chi connectivity index (χ3v) is 5.67. The van der Waals surface area contributed by atoms with Crippen LogP contribution in [0, 0.1) is 13.8 Å². The summed E-state index contributed by atoms with van der Waals surface area (Å²) in [6.07, 6.45) is -4.85. The van der Waals surface area contributed by atoms with Gasteiger partial charge in [-0.2, -0.15) is 0 Å². The quantitative estimate of drug-likeness (QED) is 0.502. The molecule has 4 rings (SSSR count). The van der Waals surface area contributed by atoms with Crippen molar-refractivity contribution in [3.8, 4) is 5.75 Å². The molecule has 9 heteroatoms. The third-order valence-electron chi connectivity index (χ3n) is 4.78. The Balaban J connectivity index is 1.75. The van der Waals surface area contributed by atoms with E-state index in [-0.39, 0.29) is 17.0 Å². The lowest BCUT2D eigenvalue weighted by atomic mass is 10.1. The maximum absolute atomic E-state index is 13.4. The Morgan fingerprint density at radius 1 is 0.969 bits per heavy atom. The Morgan fingerprint density at radius 2 is 1.75 bits per heavy atom. The number of ether oxygens (including phenoxy) is 1. The lowest BCUT2D eigenvalue weighted by Crippen LogP contribution is -2.33. The van der Waals surface area contributed by atoms with Gasteiger partial charge in [-0.1, -0.05) is 29.8 Å². The standard InChI is InChI=1S/C23H17F3N2O3S/c1-13-8-9-17(14(2)11-13)28-21(29)19(18-7-4-10-32-18)20(22(28)30)27-15-5-3-6-16(12-15)31-23(24,25)26/h3-12,27H,1-2H3. The van der Waals surface area contributed by atoms with Crippen molar-refractivity contribution >= 4 is 40.1 Å². The number of halogens is 3. The molecule has 2 amide bonds. The summed E-state index contributed by atoms with van der Waals surface area (Å²) in [5.74, 6) is -1.54. The maximum Gasteiger partial charge on any atom is 0.573 e. The molecule has 0 atom stereocenters. The van der Waals surface area contributed by atoms with E-state index in [0.717, 1.165) is 28.2 Å². The van der Waals surface area contributed by atoms with Gasteiger partial charge in [0.05, 0.1) is 11.3 Å². The number of carbonyl (C=O) groups excluding carboxylic acids is 2. The van der Waals surface area contributed by atoms with Crippen molar-refractivity contribution in [2.75, 3.05) is 10.2 Å². The summed E-state index contributed by atoms with van der Waals surface area (Å²) in [4.78, 5) is 28.4. The summed E-state index contributed by atoms with van der Waals surface area (Å²) in [5.41, 5.74) is 2.51. The molecule has 2 aromatic carbocycles. The highest BCUT2D eigenvalue weighted by Crippen LogP contribution is 2.37. The summed E-state index contributed by atoms with van der Waals surface area (Å²) in [7, 11) is 0. The van der Waals surface area contributed by atoms with Crippen molar-refractivity contribution in [3.63, 3.8) is 0 Å². The van der Waals surface area contributed by atoms with Crippen molar-refractivity contribution in [1.29, 1.82) is 0 Å². The fourth-order valence-electron chi connectivity index (χ4n) is 3.49. The van der Waals surface area contributed by atoms with E-state index in [4.69, 9.17) is 0 Å². The van der Waals surface area contributed by atoms with Gasteiger partial charge in [-0.15, -0.1) is 24.5 Å². The van der Waals surface area contributed by atoms with Crippen LogP contribution in [0.2, 0.25) is 0 Å². The Bertz CT molecular complexity index is 1230. The molecule has 1 aliphatic heterocycles. The lowest BCUT2D eigenvalue weighted by molar-refractivity contribution is -0.274. The Hall–Kier alpha value is -3.59. The fourth-order valence-corrected chi connectivity index (χ4v) is 4.25. The molecule has 32 heavy (non-hydrogen) atoms. The number of benzene rings is 2. The molecule has 5 nitrogen and oxygen atoms in total. The van der Waals surface area contributed by atoms with Gasteiger partial charge in [-0.3, -0.25) is 9.59 Å². The molecule has 0 bridgehead atoms. The number of rotatable bonds is 5. The molecule has 0 spiro atoms. The minimum atomic E-state index is -4.85. The highest BCUT2D eigenvalue weighted by Gasteiger charge is 2.41. The average Bonchev–Trinajstić information content (AvgIpc) is 3.29. The Labute approximate surface area is 185 Å². The maximum atomic E-state index is 13.4. The molecule has 0 saturated heterocycles. The highest BCUT2D eigenvalue weighted by molar-refractivity contribution is 7.11. The molecule has 0 fully saturated rings. The molecule has 2 heterocycles. The number of nitrogens with zero attached hydrogens (tertiary/aromatic N) is 1. The van der Waals surface area contributed by atoms with Gasteiger partial charge in [-0.25, -0.2) is 4.90 Å². The van der Waals surface area contributed by atoms with Crippen LogP contribution in [0.1, 0.15) is 16.0 Å². The topological polar surface area (TPSA) is 58.6 Å². The van der Waals surface area contributed by atoms with Gasteiger partial charge < -0.3 is 10.1 Å². The van der Waals surface area contributed by atoms with Crippen LogP contribution < -0.4 is 15.0 Å². The normalized spacial score (nSPS) is 14.3. The molecule has 164 valence electrons. The molecule has 1 N–H and O–H groups in total. The highest BCUT2D eigenvalue weighted by atomic mass is 32.1. The average molecular weight is 458 g/mol. The summed E-state index contributed by atoms with van der Waals surface area (Å²) < 4.78 is 41.7. The monoisotopic (exact) mass is 458 g/mol. The van der Waals surface area contributed by atoms with Crippen LogP contribution in [0.5, 0.6) is 5.75 Å². The summed E-state index contributed by atoms with van der Waals surface area (Å²) in [5, 5.41) is 4.62. The van der Waals surface area contributed by atoms with E-state index in [1.807, 2.05) is 13.0 Å². The zero-order valence-electron chi connectivity index (χ0n) is 17.0. The Kier molecular flexibility index (Phi) is 5.52. The van der Waals surface area contributed by atoms with Gasteiger partial charge in [0.15, 0.2) is 0 Å². The van der Waals surface area contributed by atoms with E-state index in [2.05, 4.69) is 10.1 Å². The molecular weight excluding hydrogens is 441 g/mol. The number of amides is 2. The smallest absolute Gasteiger partial charge is 0.406 e. The first kappa shape index (κ1) is 21.6. The minimum absolute atomic E-state index is 0.0124. The number of nitrogens with one attached hydrogen (secondary N) is 1. The zero-order chi connectivity index (χ0) is 23.0. The van der Waals surface area contributed by atoms with E-state index in [0.29, 0.717) is 10.6 Å². The van der Waals surface area contributed by atoms with Gasteiger partial charge in [0.25, 0.3) is 11.8 Å². The molecule has 0 saturated carbocycles. The number of imide groups is 1. The summed E-state index contributed by atoms with van der Waals surface area (Å²) in [6, 6.07) is 13.9. The van der Waals surface area contributed by atoms with E-state index in [1.165, 1.54) is 23.5 Å². The number of hydrogen-bond acceptors (Lipinski definition) is 5. The first-order chi connectivity index (χ1) is 15.1. The molecule has 0 unspecified atom stereocenters. The number of thiophene rings is 1. The van der Waals surface area contributed by atoms with Gasteiger partial charge in [0.2, 0.25) is 0 Å². The van der Waals surface area contributed by atoms with Gasteiger partial charge in [0.1, 0.15) is 11.4 Å². The molecule has 0 radical (unpaired) electrons. The van der Waals surface area contributed by atoms with E-state index in [9.17, 15) is 22.8 Å². The molecule has 1 aliphatic rings. The largest absolute Gasteiger partial charge is 0.573 e. The van der Waals surface area contributed by atoms with Crippen molar-refractivity contribution in [1.82, 2.24) is 0 Å². The third kappa shape index (κ3) is 4.24. The second-order valence-electron chi connectivity index (χ2n) is 7.16. The summed E-state index contributed by atoms with van der Waals surface area (Å²) >= 11 is 1.28. The predicted octanol–water partition coefficient (Wildman–Crippen LogP) is 5.66. The molecule has 1 aromatic heterocycles. The van der Waals surface area contributed by atoms with Crippen LogP contribution in [-0.2, 0) is 9.59 Å². The first-order valence-corrected chi connectivity index (χ1v) is 10.4. The number of hydrogen-bond donors (Lipinski definition) is 1. The van der Waals surface area contributed by atoms with Gasteiger partial charge >= 0.3 is 6.36 Å². The van der Waals surface area contributed by atoms with E-state index < -0.39 is 23.9 Å². The molecule has 0 aliphatic carbocycles. The van der Waals surface area contributed by atoms with Crippen molar-refractivity contribution in [2.45, 2.75) is 20.2 Å². The van der Waals surface area contributed by atoms with Crippen LogP contribution in [-0.4, -0.2) is 18.2 Å². The number of aryl methyl sites for hydroxylation is 2. The lowest BCUT2D eigenvalue weighted by Gasteiger charge is -2.18. The summed E-state index contributed by atoms with van der Waals surface area (Å²) in [6.45, 7) is 3.71. The van der Waals surface area contributed by atoms with Crippen LogP contribution in [0.3, 0.4) is 0 Å². The van der Waals surface area contributed by atoms with Crippen LogP contribution in [0.15, 0.2) is 65.7 Å². The van der Waals surface area contributed by atoms with Crippen LogP contribution in [0.25, 0.3) is 5.57 Å². The zero-order valence-corrected chi connectivity index (χ0v) is 17.8. The van der Waals surface area contributed by atoms with Gasteiger partial charge in [-0.05, 0) is 49.1 Å². The van der Waals surface area contributed by atoms with E-state index in [1.54, 1.807) is 36.6 Å². The van der Waals surface area contributed by atoms with Crippen molar-refractivity contribution in [3.05, 3.63) is 81.7 Å². The number of carbonyl (C=O) groups is 2. The SMILES string of the molecule is Cc1ccc(N2C(=O)C(Nc3cccc(OC(F)(F)F)c3)=C(c3cccs3)C2=O)c(C)c1. The van der Waals surface area contributed by atoms with Crippen molar-refractivity contribution in [2.24, 2.45) is 0 Å². The second kappa shape index (κ2) is 8.16. The number of alkyl halides is 3. The molecular formula is C23H17F3N2O3S. The second-order valence-corrected chi connectivity index (χ2v) is 8.11. The minimum Gasteiger partial charge on any atom is -0.406 e. The molecule has 3 aromatic rings. The Morgan fingerprint density at radius 3 is 2.41 bits per heavy atom. The van der Waals surface area contributed by atoms with Crippen LogP contribution >= 0.6 is 11.3 Å². The number of anilines is 2. The van der Waals surface area contributed by atoms with Crippen molar-refractivity contribution < 1.29 is 27.5 Å². The predicted molar refractivity (Wildman–Crippen MR) is 116 cm³/mol. The van der Waals surface area contributed by atoms with E-state index >= 15 is 0 Å². The first-order valence-electron chi connectivity index (χ1n) is 9.51. The van der Waals surface area contributed by atoms with Gasteiger partial charge in [0, 0.05) is 16.6 Å². The fraction of sp³-hybridized carbons (Fsp3) is 0.130. The van der Waals surface area contributed by atoms with Crippen LogP contribution in [0.4, 0.5) is 24.5 Å².